The molecule has 1 aromatic carbocycles. The van der Waals surface area contributed by atoms with Crippen LogP contribution in [0.4, 0.5) is 5.69 Å². The number of hydrogen-bond acceptors (Lipinski definition) is 6. The highest BCUT2D eigenvalue weighted by Gasteiger charge is 2.34. The van der Waals surface area contributed by atoms with Gasteiger partial charge >= 0.3 is 0 Å². The van der Waals surface area contributed by atoms with Gasteiger partial charge in [-0.3, -0.25) is 9.89 Å². The molecule has 0 spiro atoms. The Bertz CT molecular complexity index is 668. The smallest absolute Gasteiger partial charge is 0.190 e. The molecule has 0 aromatic heterocycles. The van der Waals surface area contributed by atoms with Crippen molar-refractivity contribution < 1.29 is 14.6 Å². The minimum absolute atomic E-state index is 0.0237. The molecule has 0 radical (unpaired) electrons. The highest BCUT2D eigenvalue weighted by Crippen LogP contribution is 2.31. The van der Waals surface area contributed by atoms with Gasteiger partial charge in [0.2, 0.25) is 0 Å². The monoisotopic (exact) mass is 433 g/mol. The summed E-state index contributed by atoms with van der Waals surface area (Å²) in [7, 11) is 3.50. The molecule has 0 amide bonds. The van der Waals surface area contributed by atoms with Crippen LogP contribution in [-0.4, -0.2) is 95.8 Å². The number of anilines is 1. The van der Waals surface area contributed by atoms with Gasteiger partial charge in [-0.05, 0) is 50.1 Å². The van der Waals surface area contributed by atoms with Crippen molar-refractivity contribution in [2.75, 3.05) is 84.7 Å². The van der Waals surface area contributed by atoms with E-state index in [4.69, 9.17) is 9.47 Å². The van der Waals surface area contributed by atoms with Gasteiger partial charge in [0, 0.05) is 70.6 Å². The second-order valence-electron chi connectivity index (χ2n) is 8.51. The molecule has 174 valence electrons. The van der Waals surface area contributed by atoms with Crippen LogP contribution in [0.3, 0.4) is 0 Å². The van der Waals surface area contributed by atoms with Crippen LogP contribution < -0.4 is 20.3 Å². The Morgan fingerprint density at radius 3 is 2.58 bits per heavy atom. The van der Waals surface area contributed by atoms with Crippen molar-refractivity contribution in [1.82, 2.24) is 15.5 Å². The van der Waals surface area contributed by atoms with Crippen molar-refractivity contribution in [2.24, 2.45) is 10.4 Å². The summed E-state index contributed by atoms with van der Waals surface area (Å²) in [5, 5.41) is 16.2. The summed E-state index contributed by atoms with van der Waals surface area (Å²) in [6, 6.07) is 8.33. The normalized spacial score (nSPS) is 22.5. The van der Waals surface area contributed by atoms with Crippen LogP contribution >= 0.6 is 0 Å². The lowest BCUT2D eigenvalue weighted by molar-refractivity contribution is 0.127. The molecule has 2 heterocycles. The van der Waals surface area contributed by atoms with Crippen molar-refractivity contribution in [3.63, 3.8) is 0 Å². The summed E-state index contributed by atoms with van der Waals surface area (Å²) in [4.78, 5) is 9.31. The van der Waals surface area contributed by atoms with Gasteiger partial charge in [-0.2, -0.15) is 0 Å². The van der Waals surface area contributed by atoms with Gasteiger partial charge in [0.1, 0.15) is 5.75 Å². The fraction of sp³-hybridized carbons (Fsp3) is 0.696. The lowest BCUT2D eigenvalue weighted by atomic mass is 9.84. The zero-order chi connectivity index (χ0) is 21.9. The summed E-state index contributed by atoms with van der Waals surface area (Å²) in [5.74, 6) is 1.73. The molecule has 1 unspecified atom stereocenters. The van der Waals surface area contributed by atoms with E-state index in [2.05, 4.69) is 37.6 Å². The van der Waals surface area contributed by atoms with Gasteiger partial charge in [-0.1, -0.05) is 0 Å². The maximum absolute atomic E-state index is 9.37. The number of aliphatic hydroxyl groups excluding tert-OH is 1. The molecule has 8 nitrogen and oxygen atoms in total. The summed E-state index contributed by atoms with van der Waals surface area (Å²) in [5.41, 5.74) is 1.29. The van der Waals surface area contributed by atoms with Crippen LogP contribution in [0, 0.1) is 5.41 Å². The first-order valence-corrected chi connectivity index (χ1v) is 11.4. The minimum Gasteiger partial charge on any atom is -0.497 e. The van der Waals surface area contributed by atoms with Crippen LogP contribution in [-0.2, 0) is 4.74 Å². The fourth-order valence-corrected chi connectivity index (χ4v) is 4.34. The van der Waals surface area contributed by atoms with Gasteiger partial charge in [-0.25, -0.2) is 0 Å². The van der Waals surface area contributed by atoms with Crippen molar-refractivity contribution >= 4 is 11.6 Å². The average molecular weight is 434 g/mol. The van der Waals surface area contributed by atoms with E-state index in [-0.39, 0.29) is 12.0 Å². The molecule has 3 N–H and O–H groups in total. The van der Waals surface area contributed by atoms with Gasteiger partial charge in [0.15, 0.2) is 5.96 Å². The minimum atomic E-state index is 0.0237. The number of nitrogens with zero attached hydrogens (tertiary/aromatic N) is 3. The number of aliphatic imine (C=N–C) groups is 1. The van der Waals surface area contributed by atoms with E-state index in [1.54, 1.807) is 14.2 Å². The summed E-state index contributed by atoms with van der Waals surface area (Å²) >= 11 is 0. The van der Waals surface area contributed by atoms with E-state index in [0.717, 1.165) is 83.4 Å². The van der Waals surface area contributed by atoms with Crippen molar-refractivity contribution in [2.45, 2.75) is 19.3 Å². The largest absolute Gasteiger partial charge is 0.497 e. The molecule has 2 saturated heterocycles. The molecule has 8 heteroatoms. The molecule has 2 aliphatic heterocycles. The second kappa shape index (κ2) is 12.1. The van der Waals surface area contributed by atoms with Crippen LogP contribution in [0.15, 0.2) is 29.3 Å². The number of guanidine groups is 1. The highest BCUT2D eigenvalue weighted by molar-refractivity contribution is 5.79. The van der Waals surface area contributed by atoms with Crippen LogP contribution in [0.1, 0.15) is 19.3 Å². The quantitative estimate of drug-likeness (QED) is 0.290. The molecule has 31 heavy (non-hydrogen) atoms. The van der Waals surface area contributed by atoms with Crippen LogP contribution in [0.5, 0.6) is 5.75 Å². The highest BCUT2D eigenvalue weighted by atomic mass is 16.5. The van der Waals surface area contributed by atoms with E-state index in [1.807, 2.05) is 12.1 Å². The maximum atomic E-state index is 9.37. The first-order chi connectivity index (χ1) is 15.2. The first-order valence-electron chi connectivity index (χ1n) is 11.4. The molecule has 2 aliphatic rings. The van der Waals surface area contributed by atoms with E-state index in [9.17, 15) is 5.11 Å². The Hall–Kier alpha value is -2.03. The Morgan fingerprint density at radius 1 is 1.19 bits per heavy atom. The maximum Gasteiger partial charge on any atom is 0.190 e. The molecule has 2 fully saturated rings. The molecule has 1 atom stereocenters. The molecular formula is C23H39N5O3. The summed E-state index contributed by atoms with van der Waals surface area (Å²) in [6.07, 6.45) is 2.83. The lowest BCUT2D eigenvalue weighted by Gasteiger charge is -2.36. The third kappa shape index (κ3) is 6.98. The van der Waals surface area contributed by atoms with Crippen molar-refractivity contribution in [3.8, 4) is 5.75 Å². The molecule has 0 saturated carbocycles. The number of methoxy groups -OCH3 is 1. The number of aliphatic hydroxyl groups is 1. The Labute approximate surface area is 186 Å². The predicted octanol–water partition coefficient (Wildman–Crippen LogP) is 1.16. The van der Waals surface area contributed by atoms with Crippen LogP contribution in [0.2, 0.25) is 0 Å². The zero-order valence-electron chi connectivity index (χ0n) is 19.1. The number of ether oxygens (including phenoxy) is 2. The molecular weight excluding hydrogens is 394 g/mol. The number of benzene rings is 1. The molecule has 0 aliphatic carbocycles. The summed E-state index contributed by atoms with van der Waals surface area (Å²) in [6.45, 7) is 8.72. The molecule has 1 aromatic rings. The van der Waals surface area contributed by atoms with Crippen molar-refractivity contribution in [1.29, 1.82) is 0 Å². The fourth-order valence-electron chi connectivity index (χ4n) is 4.34. The SMILES string of the molecule is CN=C(NCCCN1CCN(c2ccc(OC)cc2)CC1)NCC1(CCO)CCOC1. The molecule has 3 rings (SSSR count). The van der Waals surface area contributed by atoms with E-state index in [0.29, 0.717) is 6.61 Å². The Balaban J connectivity index is 1.31. The Kier molecular flexibility index (Phi) is 9.24. The summed E-state index contributed by atoms with van der Waals surface area (Å²) < 4.78 is 10.8. The topological polar surface area (TPSA) is 81.6 Å². The second-order valence-corrected chi connectivity index (χ2v) is 8.51. The third-order valence-corrected chi connectivity index (χ3v) is 6.43. The zero-order valence-corrected chi connectivity index (χ0v) is 19.1. The number of nitrogens with one attached hydrogen (secondary N) is 2. The average Bonchev–Trinajstić information content (AvgIpc) is 3.28. The van der Waals surface area contributed by atoms with Gasteiger partial charge in [-0.15, -0.1) is 0 Å². The van der Waals surface area contributed by atoms with Crippen LogP contribution in [0.25, 0.3) is 0 Å². The number of rotatable bonds is 10. The van der Waals surface area contributed by atoms with E-state index < -0.39 is 0 Å². The standard InChI is InChI=1S/C23H39N5O3/c1-24-22(26-18-23(8-16-29)9-17-31-19-23)25-10-3-11-27-12-14-28(15-13-27)20-4-6-21(30-2)7-5-20/h4-7,29H,3,8-19H2,1-2H3,(H2,24,25,26). The molecule has 0 bridgehead atoms. The van der Waals surface area contributed by atoms with E-state index >= 15 is 0 Å². The van der Waals surface area contributed by atoms with E-state index in [1.165, 1.54) is 5.69 Å². The third-order valence-electron chi connectivity index (χ3n) is 6.43. The van der Waals surface area contributed by atoms with Gasteiger partial charge in [0.05, 0.1) is 13.7 Å². The van der Waals surface area contributed by atoms with Gasteiger partial charge < -0.3 is 30.1 Å². The van der Waals surface area contributed by atoms with Gasteiger partial charge in [0.25, 0.3) is 0 Å². The lowest BCUT2D eigenvalue weighted by Crippen LogP contribution is -2.47. The number of hydrogen-bond donors (Lipinski definition) is 3. The van der Waals surface area contributed by atoms with Crippen molar-refractivity contribution in [3.05, 3.63) is 24.3 Å². The Morgan fingerprint density at radius 2 is 1.97 bits per heavy atom. The number of piperazine rings is 1. The first kappa shape index (κ1) is 23.6. The predicted molar refractivity (Wildman–Crippen MR) is 125 cm³/mol.